The topological polar surface area (TPSA) is 97.2 Å². The monoisotopic (exact) mass is 471 g/mol. The van der Waals surface area contributed by atoms with E-state index < -0.39 is 10.0 Å². The Bertz CT molecular complexity index is 1190. The van der Waals surface area contributed by atoms with Gasteiger partial charge in [0.2, 0.25) is 15.9 Å². The van der Waals surface area contributed by atoms with Crippen LogP contribution < -0.4 is 5.32 Å². The average Bonchev–Trinajstić information content (AvgIpc) is 3.49. The highest BCUT2D eigenvalue weighted by Gasteiger charge is 2.27. The molecule has 0 saturated carbocycles. The summed E-state index contributed by atoms with van der Waals surface area (Å²) >= 11 is 1.30. The second-order valence-electron chi connectivity index (χ2n) is 7.39. The molecule has 1 fully saturated rings. The van der Waals surface area contributed by atoms with Crippen LogP contribution in [0.4, 0.5) is 5.69 Å². The van der Waals surface area contributed by atoms with Crippen molar-refractivity contribution in [2.24, 2.45) is 0 Å². The maximum absolute atomic E-state index is 12.8. The second-order valence-corrected chi connectivity index (χ2v) is 10.3. The summed E-state index contributed by atoms with van der Waals surface area (Å²) < 4.78 is 29.0. The summed E-state index contributed by atoms with van der Waals surface area (Å²) in [5, 5.41) is 12.0. The third-order valence-electron chi connectivity index (χ3n) is 5.22. The molecular formula is C22H25N5O3S2. The average molecular weight is 472 g/mol. The van der Waals surface area contributed by atoms with E-state index in [1.165, 1.54) is 22.1 Å². The molecule has 1 N–H and O–H groups in total. The molecule has 3 aromatic rings. The third kappa shape index (κ3) is 4.87. The van der Waals surface area contributed by atoms with Crippen LogP contribution >= 0.6 is 11.8 Å². The van der Waals surface area contributed by atoms with Crippen LogP contribution in [0.25, 0.3) is 11.4 Å². The second kappa shape index (κ2) is 9.85. The van der Waals surface area contributed by atoms with E-state index in [4.69, 9.17) is 0 Å². The van der Waals surface area contributed by atoms with Gasteiger partial charge in [-0.15, -0.1) is 10.2 Å². The Morgan fingerprint density at radius 3 is 2.53 bits per heavy atom. The highest BCUT2D eigenvalue weighted by molar-refractivity contribution is 7.99. The molecule has 1 saturated heterocycles. The first kappa shape index (κ1) is 22.5. The molecule has 0 aliphatic carbocycles. The predicted molar refractivity (Wildman–Crippen MR) is 125 cm³/mol. The number of aromatic nitrogens is 3. The van der Waals surface area contributed by atoms with Gasteiger partial charge >= 0.3 is 0 Å². The van der Waals surface area contributed by atoms with E-state index in [-0.39, 0.29) is 16.6 Å². The van der Waals surface area contributed by atoms with E-state index in [9.17, 15) is 13.2 Å². The molecule has 2 heterocycles. The summed E-state index contributed by atoms with van der Waals surface area (Å²) in [6, 6.07) is 16.2. The molecule has 0 spiro atoms. The van der Waals surface area contributed by atoms with E-state index in [1.54, 1.807) is 18.2 Å². The summed E-state index contributed by atoms with van der Waals surface area (Å²) in [6.45, 7) is 3.76. The lowest BCUT2D eigenvalue weighted by Gasteiger charge is -2.16. The molecule has 1 amide bonds. The van der Waals surface area contributed by atoms with Gasteiger partial charge in [-0.2, -0.15) is 4.31 Å². The van der Waals surface area contributed by atoms with Gasteiger partial charge in [0.1, 0.15) is 0 Å². The van der Waals surface area contributed by atoms with Crippen molar-refractivity contribution >= 4 is 33.4 Å². The molecule has 2 aromatic carbocycles. The number of carbonyl (C=O) groups excluding carboxylic acids is 1. The number of hydrogen-bond donors (Lipinski definition) is 1. The molecule has 0 radical (unpaired) electrons. The fraction of sp³-hybridized carbons (Fsp3) is 0.318. The predicted octanol–water partition coefficient (Wildman–Crippen LogP) is 3.48. The summed E-state index contributed by atoms with van der Waals surface area (Å²) in [5.41, 5.74) is 1.42. The Morgan fingerprint density at radius 1 is 1.06 bits per heavy atom. The Morgan fingerprint density at radius 2 is 1.81 bits per heavy atom. The summed E-state index contributed by atoms with van der Waals surface area (Å²) in [6.07, 6.45) is 1.75. The Kier molecular flexibility index (Phi) is 6.92. The van der Waals surface area contributed by atoms with Gasteiger partial charge in [-0.05, 0) is 38.0 Å². The number of amides is 1. The van der Waals surface area contributed by atoms with Crippen LogP contribution in [0.1, 0.15) is 19.8 Å². The molecule has 1 aliphatic rings. The minimum absolute atomic E-state index is 0.135. The maximum Gasteiger partial charge on any atom is 0.243 e. The molecular weight excluding hydrogens is 446 g/mol. The van der Waals surface area contributed by atoms with E-state index in [0.717, 1.165) is 24.2 Å². The van der Waals surface area contributed by atoms with Gasteiger partial charge in [-0.3, -0.25) is 4.79 Å². The summed E-state index contributed by atoms with van der Waals surface area (Å²) in [7, 11) is -3.53. The number of nitrogens with zero attached hydrogens (tertiary/aromatic N) is 4. The van der Waals surface area contributed by atoms with E-state index in [1.807, 2.05) is 41.8 Å². The number of thioether (sulfide) groups is 1. The number of carbonyl (C=O) groups is 1. The van der Waals surface area contributed by atoms with Crippen molar-refractivity contribution in [3.8, 4) is 11.4 Å². The van der Waals surface area contributed by atoms with Crippen molar-refractivity contribution in [1.82, 2.24) is 19.1 Å². The van der Waals surface area contributed by atoms with Gasteiger partial charge in [0.25, 0.3) is 0 Å². The van der Waals surface area contributed by atoms with Gasteiger partial charge in [-0.25, -0.2) is 8.42 Å². The van der Waals surface area contributed by atoms with E-state index >= 15 is 0 Å². The van der Waals surface area contributed by atoms with Gasteiger partial charge in [0, 0.05) is 30.9 Å². The van der Waals surface area contributed by atoms with Crippen molar-refractivity contribution in [3.63, 3.8) is 0 Å². The number of benzene rings is 2. The zero-order valence-electron chi connectivity index (χ0n) is 17.8. The van der Waals surface area contributed by atoms with Crippen molar-refractivity contribution in [2.45, 2.75) is 36.4 Å². The molecule has 1 aromatic heterocycles. The van der Waals surface area contributed by atoms with Crippen LogP contribution in [0.5, 0.6) is 0 Å². The molecule has 168 valence electrons. The van der Waals surface area contributed by atoms with Crippen LogP contribution in [0.3, 0.4) is 0 Å². The number of sulfonamides is 1. The SMILES string of the molecule is CCn1c(SCC(=O)Nc2cccc(S(=O)(=O)N3CCCC3)c2)nnc1-c1ccccc1. The fourth-order valence-electron chi connectivity index (χ4n) is 3.62. The van der Waals surface area contributed by atoms with Crippen LogP contribution in [-0.2, 0) is 21.4 Å². The Labute approximate surface area is 192 Å². The van der Waals surface area contributed by atoms with Crippen molar-refractivity contribution < 1.29 is 13.2 Å². The lowest BCUT2D eigenvalue weighted by molar-refractivity contribution is -0.113. The van der Waals surface area contributed by atoms with Gasteiger partial charge < -0.3 is 9.88 Å². The molecule has 4 rings (SSSR count). The van der Waals surface area contributed by atoms with E-state index in [0.29, 0.717) is 30.5 Å². The lowest BCUT2D eigenvalue weighted by atomic mass is 10.2. The minimum atomic E-state index is -3.53. The number of hydrogen-bond acceptors (Lipinski definition) is 6. The Hall–Kier alpha value is -2.69. The normalized spacial score (nSPS) is 14.5. The van der Waals surface area contributed by atoms with Crippen molar-refractivity contribution in [3.05, 3.63) is 54.6 Å². The van der Waals surface area contributed by atoms with Crippen LogP contribution in [0.15, 0.2) is 64.6 Å². The van der Waals surface area contributed by atoms with Crippen molar-refractivity contribution in [1.29, 1.82) is 0 Å². The third-order valence-corrected chi connectivity index (χ3v) is 8.08. The first-order chi connectivity index (χ1) is 15.5. The highest BCUT2D eigenvalue weighted by atomic mass is 32.2. The lowest BCUT2D eigenvalue weighted by Crippen LogP contribution is -2.28. The molecule has 1 aliphatic heterocycles. The zero-order valence-corrected chi connectivity index (χ0v) is 19.4. The maximum atomic E-state index is 12.8. The fourth-order valence-corrected chi connectivity index (χ4v) is 5.99. The molecule has 0 atom stereocenters. The number of rotatable bonds is 8. The largest absolute Gasteiger partial charge is 0.325 e. The number of anilines is 1. The molecule has 0 unspecified atom stereocenters. The smallest absolute Gasteiger partial charge is 0.243 e. The molecule has 32 heavy (non-hydrogen) atoms. The van der Waals surface area contributed by atoms with Gasteiger partial charge in [0.15, 0.2) is 11.0 Å². The minimum Gasteiger partial charge on any atom is -0.325 e. The molecule has 10 heteroatoms. The van der Waals surface area contributed by atoms with Crippen LogP contribution in [0.2, 0.25) is 0 Å². The zero-order chi connectivity index (χ0) is 22.6. The van der Waals surface area contributed by atoms with Crippen LogP contribution in [0, 0.1) is 0 Å². The van der Waals surface area contributed by atoms with E-state index in [2.05, 4.69) is 15.5 Å². The molecule has 8 nitrogen and oxygen atoms in total. The summed E-state index contributed by atoms with van der Waals surface area (Å²) in [4.78, 5) is 12.7. The first-order valence-corrected chi connectivity index (χ1v) is 12.9. The van der Waals surface area contributed by atoms with Gasteiger partial charge in [0.05, 0.1) is 10.6 Å². The highest BCUT2D eigenvalue weighted by Crippen LogP contribution is 2.25. The molecule has 0 bridgehead atoms. The standard InChI is InChI=1S/C22H25N5O3S2/c1-2-27-21(17-9-4-3-5-10-17)24-25-22(27)31-16-20(28)23-18-11-8-12-19(15-18)32(29,30)26-13-6-7-14-26/h3-5,8-12,15H,2,6-7,13-14,16H2,1H3,(H,23,28). The summed E-state index contributed by atoms with van der Waals surface area (Å²) in [5.74, 6) is 0.657. The number of nitrogens with one attached hydrogen (secondary N) is 1. The first-order valence-electron chi connectivity index (χ1n) is 10.5. The Balaban J connectivity index is 1.41. The quantitative estimate of drug-likeness (QED) is 0.505. The van der Waals surface area contributed by atoms with Crippen LogP contribution in [-0.4, -0.2) is 52.2 Å². The van der Waals surface area contributed by atoms with Crippen molar-refractivity contribution in [2.75, 3.05) is 24.2 Å². The van der Waals surface area contributed by atoms with Gasteiger partial charge in [-0.1, -0.05) is 48.2 Å².